The number of unbranched alkanes of at least 4 members (excludes halogenated alkanes) is 1. The van der Waals surface area contributed by atoms with E-state index in [-0.39, 0.29) is 5.78 Å². The van der Waals surface area contributed by atoms with E-state index in [1.54, 1.807) is 6.92 Å². The molecule has 0 amide bonds. The van der Waals surface area contributed by atoms with Gasteiger partial charge in [-0.1, -0.05) is 13.3 Å². The number of Topliss-reactive ketones (excluding diaryl/α,β-unsaturated/α-hetero) is 1. The van der Waals surface area contributed by atoms with Gasteiger partial charge in [0.15, 0.2) is 0 Å². The molecule has 0 saturated carbocycles. The quantitative estimate of drug-likeness (QED) is 0.621. The van der Waals surface area contributed by atoms with Crippen LogP contribution in [-0.4, -0.2) is 25.7 Å². The summed E-state index contributed by atoms with van der Waals surface area (Å²) in [6.07, 6.45) is 2.20. The van der Waals surface area contributed by atoms with Gasteiger partial charge in [0.1, 0.15) is 11.4 Å². The van der Waals surface area contributed by atoms with Crippen LogP contribution in [-0.2, 0) is 18.4 Å². The minimum atomic E-state index is -3.22. The second-order valence-corrected chi connectivity index (χ2v) is 5.74. The van der Waals surface area contributed by atoms with Crippen LogP contribution in [0.15, 0.2) is 0 Å². The fourth-order valence-electron chi connectivity index (χ4n) is 1.13. The maximum absolute atomic E-state index is 11.8. The van der Waals surface area contributed by atoms with Gasteiger partial charge in [-0.3, -0.25) is 9.36 Å². The van der Waals surface area contributed by atoms with E-state index in [9.17, 15) is 9.36 Å². The largest absolute Gasteiger partial charge is 0.340 e. The zero-order valence-corrected chi connectivity index (χ0v) is 10.2. The van der Waals surface area contributed by atoms with Crippen LogP contribution in [0.4, 0.5) is 0 Å². The highest BCUT2D eigenvalue weighted by molar-refractivity contribution is 7.55. The maximum atomic E-state index is 11.8. The molecule has 1 unspecified atom stereocenters. The molecule has 0 heterocycles. The fraction of sp³-hybridized carbons (Fsp3) is 0.889. The molecule has 0 aromatic heterocycles. The highest BCUT2D eigenvalue weighted by atomic mass is 31.2. The number of hydrogen-bond acceptors (Lipinski definition) is 4. The van der Waals surface area contributed by atoms with E-state index >= 15 is 0 Å². The Morgan fingerprint density at radius 3 is 2.21 bits per heavy atom. The van der Waals surface area contributed by atoms with Crippen molar-refractivity contribution in [3.05, 3.63) is 0 Å². The number of carbonyl (C=O) groups is 1. The lowest BCUT2D eigenvalue weighted by Gasteiger charge is -2.19. The van der Waals surface area contributed by atoms with Gasteiger partial charge in [0.2, 0.25) is 0 Å². The van der Waals surface area contributed by atoms with Crippen molar-refractivity contribution in [1.29, 1.82) is 0 Å². The van der Waals surface area contributed by atoms with Crippen molar-refractivity contribution < 1.29 is 18.4 Å². The van der Waals surface area contributed by atoms with Gasteiger partial charge in [-0.2, -0.15) is 0 Å². The van der Waals surface area contributed by atoms with Crippen LogP contribution < -0.4 is 0 Å². The van der Waals surface area contributed by atoms with Gasteiger partial charge in [-0.25, -0.2) is 0 Å². The van der Waals surface area contributed by atoms with E-state index in [0.29, 0.717) is 6.42 Å². The number of rotatable bonds is 7. The van der Waals surface area contributed by atoms with E-state index in [2.05, 4.69) is 0 Å². The molecule has 0 aromatic rings. The summed E-state index contributed by atoms with van der Waals surface area (Å²) < 4.78 is 21.3. The van der Waals surface area contributed by atoms with Crippen LogP contribution in [0.5, 0.6) is 0 Å². The first-order valence-corrected chi connectivity index (χ1v) is 6.37. The first kappa shape index (κ1) is 13.8. The average molecular weight is 222 g/mol. The van der Waals surface area contributed by atoms with E-state index in [4.69, 9.17) is 9.05 Å². The van der Waals surface area contributed by atoms with Crippen LogP contribution in [0.2, 0.25) is 0 Å². The third-order valence-electron chi connectivity index (χ3n) is 2.23. The Bertz CT molecular complexity index is 219. The smallest absolute Gasteiger partial charge is 0.311 e. The predicted octanol–water partition coefficient (Wildman–Crippen LogP) is 2.62. The molecule has 1 atom stereocenters. The van der Waals surface area contributed by atoms with Crippen molar-refractivity contribution in [2.45, 2.75) is 38.8 Å². The third-order valence-corrected chi connectivity index (χ3v) is 4.48. The molecule has 0 N–H and O–H groups in total. The lowest BCUT2D eigenvalue weighted by molar-refractivity contribution is -0.118. The molecule has 14 heavy (non-hydrogen) atoms. The van der Waals surface area contributed by atoms with Crippen molar-refractivity contribution in [3.63, 3.8) is 0 Å². The maximum Gasteiger partial charge on any atom is 0.340 e. The van der Waals surface area contributed by atoms with Gasteiger partial charge in [-0.15, -0.1) is 0 Å². The molecule has 0 rings (SSSR count). The molecule has 0 bridgehead atoms. The van der Waals surface area contributed by atoms with E-state index < -0.39 is 13.3 Å². The minimum Gasteiger partial charge on any atom is -0.311 e. The summed E-state index contributed by atoms with van der Waals surface area (Å²) in [5, 5.41) is 0. The van der Waals surface area contributed by atoms with Gasteiger partial charge in [0.25, 0.3) is 0 Å². The molecule has 0 aliphatic rings. The molecule has 0 aliphatic heterocycles. The van der Waals surface area contributed by atoms with Gasteiger partial charge < -0.3 is 9.05 Å². The molecular formula is C9H19O4P. The number of hydrogen-bond donors (Lipinski definition) is 0. The second-order valence-electron chi connectivity index (χ2n) is 3.15. The van der Waals surface area contributed by atoms with Crippen molar-refractivity contribution in [3.8, 4) is 0 Å². The van der Waals surface area contributed by atoms with Crippen molar-refractivity contribution in [1.82, 2.24) is 0 Å². The zero-order chi connectivity index (χ0) is 11.2. The van der Waals surface area contributed by atoms with E-state index in [0.717, 1.165) is 12.8 Å². The summed E-state index contributed by atoms with van der Waals surface area (Å²) in [4.78, 5) is 11.5. The summed E-state index contributed by atoms with van der Waals surface area (Å²) in [6.45, 7) is 3.59. The van der Waals surface area contributed by atoms with E-state index in [1.807, 2.05) is 6.92 Å². The Labute approximate surface area is 85.5 Å². The van der Waals surface area contributed by atoms with Crippen LogP contribution in [0, 0.1) is 0 Å². The van der Waals surface area contributed by atoms with Crippen LogP contribution >= 0.6 is 7.60 Å². The third kappa shape index (κ3) is 3.52. The Kier molecular flexibility index (Phi) is 6.25. The topological polar surface area (TPSA) is 52.6 Å². The zero-order valence-electron chi connectivity index (χ0n) is 9.28. The summed E-state index contributed by atoms with van der Waals surface area (Å²) >= 11 is 0. The average Bonchev–Trinajstić information content (AvgIpc) is 2.23. The lowest BCUT2D eigenvalue weighted by Crippen LogP contribution is -2.18. The van der Waals surface area contributed by atoms with E-state index in [1.165, 1.54) is 14.2 Å². The number of ketones is 1. The molecule has 0 saturated heterocycles. The summed E-state index contributed by atoms with van der Waals surface area (Å²) in [6, 6.07) is 0. The Morgan fingerprint density at radius 1 is 1.36 bits per heavy atom. The van der Waals surface area contributed by atoms with Crippen LogP contribution in [0.3, 0.4) is 0 Å². The molecule has 84 valence electrons. The highest BCUT2D eigenvalue weighted by Crippen LogP contribution is 2.51. The minimum absolute atomic E-state index is 0.0566. The summed E-state index contributed by atoms with van der Waals surface area (Å²) in [5.41, 5.74) is -0.663. The van der Waals surface area contributed by atoms with Crippen molar-refractivity contribution in [2.75, 3.05) is 14.2 Å². The molecular weight excluding hydrogens is 203 g/mol. The van der Waals surface area contributed by atoms with Gasteiger partial charge in [0, 0.05) is 20.6 Å². The molecule has 0 aliphatic carbocycles. The Hall–Kier alpha value is -0.180. The fourth-order valence-corrected chi connectivity index (χ4v) is 2.39. The number of carbonyl (C=O) groups excluding carboxylic acids is 1. The van der Waals surface area contributed by atoms with Crippen molar-refractivity contribution in [2.24, 2.45) is 0 Å². The van der Waals surface area contributed by atoms with Crippen LogP contribution in [0.1, 0.15) is 33.1 Å². The van der Waals surface area contributed by atoms with Gasteiger partial charge in [-0.05, 0) is 13.3 Å². The second kappa shape index (κ2) is 6.33. The van der Waals surface area contributed by atoms with Gasteiger partial charge >= 0.3 is 7.60 Å². The first-order valence-electron chi connectivity index (χ1n) is 4.75. The predicted molar refractivity (Wildman–Crippen MR) is 55.6 cm³/mol. The van der Waals surface area contributed by atoms with Gasteiger partial charge in [0.05, 0.1) is 0 Å². The first-order chi connectivity index (χ1) is 6.51. The molecule has 0 fully saturated rings. The molecule has 0 aromatic carbocycles. The van der Waals surface area contributed by atoms with Crippen molar-refractivity contribution >= 4 is 13.4 Å². The standard InChI is InChI=1S/C9H19O4P/c1-5-6-7-9(10)8(2)14(11,12-3)13-4/h8H,5-7H2,1-4H3. The SMILES string of the molecule is CCCCC(=O)C(C)P(=O)(OC)OC. The molecule has 0 radical (unpaired) electrons. The monoisotopic (exact) mass is 222 g/mol. The summed E-state index contributed by atoms with van der Waals surface area (Å²) in [5.74, 6) is -0.0566. The lowest BCUT2D eigenvalue weighted by atomic mass is 10.1. The summed E-state index contributed by atoms with van der Waals surface area (Å²) in [7, 11) is -0.619. The molecule has 5 heteroatoms. The molecule has 0 spiro atoms. The molecule has 4 nitrogen and oxygen atoms in total. The van der Waals surface area contributed by atoms with Crippen LogP contribution in [0.25, 0.3) is 0 Å². The Balaban J connectivity index is 4.36. The Morgan fingerprint density at radius 2 is 1.86 bits per heavy atom. The highest BCUT2D eigenvalue weighted by Gasteiger charge is 2.34. The normalized spacial score (nSPS) is 14.0.